The molecule has 0 aromatic rings. The molecule has 1 rings (SSSR count). The maximum Gasteiger partial charge on any atom is 1.00 e. The second kappa shape index (κ2) is 8.77. The molecule has 1 saturated heterocycles. The van der Waals surface area contributed by atoms with Gasteiger partial charge in [-0.05, 0) is 12.6 Å². The van der Waals surface area contributed by atoms with Crippen molar-refractivity contribution < 1.29 is 44.3 Å². The van der Waals surface area contributed by atoms with Gasteiger partial charge in [0.1, 0.15) is 0 Å². The zero-order valence-electron chi connectivity index (χ0n) is 7.16. The Morgan fingerprint density at radius 1 is 1.58 bits per heavy atom. The van der Waals surface area contributed by atoms with Gasteiger partial charge in [0.05, 0.1) is 0 Å². The van der Waals surface area contributed by atoms with Gasteiger partial charge >= 0.3 is 29.6 Å². The second-order valence-electron chi connectivity index (χ2n) is 1.97. The van der Waals surface area contributed by atoms with E-state index in [0.29, 0.717) is 6.42 Å². The summed E-state index contributed by atoms with van der Waals surface area (Å²) in [5.74, 6) is 0.208. The van der Waals surface area contributed by atoms with Gasteiger partial charge in [0.25, 0.3) is 0 Å². The number of carbonyl (C=O) groups excluding carboxylic acids is 2. The molecule has 0 aromatic heterocycles. The molecule has 1 aliphatic rings. The molecule has 12 heavy (non-hydrogen) atoms. The Morgan fingerprint density at radius 2 is 2.08 bits per heavy atom. The molecular weight excluding hydrogens is 169 g/mol. The molecule has 0 aliphatic carbocycles. The van der Waals surface area contributed by atoms with Crippen molar-refractivity contribution >= 4 is 12.4 Å². The summed E-state index contributed by atoms with van der Waals surface area (Å²) in [6.07, 6.45) is 3.28. The fraction of sp³-hybridized carbons (Fsp3) is 0.429. The molecule has 0 aromatic carbocycles. The van der Waals surface area contributed by atoms with Crippen molar-refractivity contribution in [1.29, 1.82) is 0 Å². The molecule has 1 aliphatic heterocycles. The van der Waals surface area contributed by atoms with E-state index in [1.807, 2.05) is 0 Å². The molecule has 5 heteroatoms. The van der Waals surface area contributed by atoms with E-state index in [1.165, 1.54) is 0 Å². The van der Waals surface area contributed by atoms with Crippen molar-refractivity contribution in [3.8, 4) is 0 Å². The second-order valence-corrected chi connectivity index (χ2v) is 1.97. The minimum atomic E-state index is -0.500. The molecule has 62 valence electrons. The average molecular weight is 179 g/mol. The number of carboxylic acid groups (broad SMARTS) is 1. The average Bonchev–Trinajstić information content (AvgIpc) is 2.36. The van der Waals surface area contributed by atoms with Crippen LogP contribution in [0.3, 0.4) is 0 Å². The van der Waals surface area contributed by atoms with E-state index in [0.717, 1.165) is 13.0 Å². The summed E-state index contributed by atoms with van der Waals surface area (Å²) in [6, 6.07) is 0. The van der Waals surface area contributed by atoms with Gasteiger partial charge in [-0.2, -0.15) is 0 Å². The van der Waals surface area contributed by atoms with Gasteiger partial charge in [-0.1, -0.05) is 6.58 Å². The molecule has 0 atom stereocenters. The van der Waals surface area contributed by atoms with Crippen LogP contribution in [-0.4, -0.2) is 23.8 Å². The maximum atomic E-state index is 10.7. The topological polar surface area (TPSA) is 60.4 Å². The van der Waals surface area contributed by atoms with Crippen molar-refractivity contribution in [1.82, 2.24) is 4.90 Å². The van der Waals surface area contributed by atoms with Crippen LogP contribution in [0.15, 0.2) is 12.8 Å². The van der Waals surface area contributed by atoms with E-state index in [9.17, 15) is 4.79 Å². The van der Waals surface area contributed by atoms with Crippen LogP contribution in [0.5, 0.6) is 0 Å². The summed E-state index contributed by atoms with van der Waals surface area (Å²) in [6.45, 7) is 3.86. The van der Waals surface area contributed by atoms with Crippen molar-refractivity contribution in [2.75, 3.05) is 6.54 Å². The van der Waals surface area contributed by atoms with E-state index in [1.54, 1.807) is 11.1 Å². The van der Waals surface area contributed by atoms with E-state index < -0.39 is 6.47 Å². The van der Waals surface area contributed by atoms with Gasteiger partial charge in [-0.15, -0.1) is 0 Å². The SMILES string of the molecule is C=CN1CCCC1=O.O=C[O-].[Na+]. The van der Waals surface area contributed by atoms with Gasteiger partial charge in [0, 0.05) is 19.4 Å². The predicted molar refractivity (Wildman–Crippen MR) is 37.2 cm³/mol. The Kier molecular flexibility index (Phi) is 10.4. The molecular formula is C7H10NNaO3. The number of carbonyl (C=O) groups is 2. The Balaban J connectivity index is 0. The molecule has 1 heterocycles. The third kappa shape index (κ3) is 5.35. The molecule has 1 fully saturated rings. The van der Waals surface area contributed by atoms with Crippen molar-refractivity contribution in [3.05, 3.63) is 12.8 Å². The van der Waals surface area contributed by atoms with E-state index in [-0.39, 0.29) is 35.5 Å². The third-order valence-corrected chi connectivity index (χ3v) is 1.33. The fourth-order valence-electron chi connectivity index (χ4n) is 0.862. The van der Waals surface area contributed by atoms with Gasteiger partial charge in [0.2, 0.25) is 5.91 Å². The van der Waals surface area contributed by atoms with Crippen molar-refractivity contribution in [3.63, 3.8) is 0 Å². The van der Waals surface area contributed by atoms with Crippen LogP contribution >= 0.6 is 0 Å². The van der Waals surface area contributed by atoms with Crippen LogP contribution in [0, 0.1) is 0 Å². The number of hydrogen-bond acceptors (Lipinski definition) is 3. The number of amides is 1. The van der Waals surface area contributed by atoms with Crippen LogP contribution in [0.25, 0.3) is 0 Å². The molecule has 4 nitrogen and oxygen atoms in total. The molecule has 1 amide bonds. The number of likely N-dealkylation sites (tertiary alicyclic amines) is 1. The third-order valence-electron chi connectivity index (χ3n) is 1.33. The molecule has 0 unspecified atom stereocenters. The van der Waals surface area contributed by atoms with Crippen molar-refractivity contribution in [2.24, 2.45) is 0 Å². The standard InChI is InChI=1S/C6H9NO.CH2O2.Na/c1-2-7-5-3-4-6(7)8;2-1-3;/h2H,1,3-5H2;1H,(H,2,3);/q;;+1/p-1. The van der Waals surface area contributed by atoms with E-state index >= 15 is 0 Å². The van der Waals surface area contributed by atoms with Crippen LogP contribution < -0.4 is 34.7 Å². The first-order chi connectivity index (χ1) is 5.26. The first kappa shape index (κ1) is 14.2. The molecule has 0 spiro atoms. The van der Waals surface area contributed by atoms with Gasteiger partial charge in [0.15, 0.2) is 0 Å². The smallest absolute Gasteiger partial charge is 0.554 e. The quantitative estimate of drug-likeness (QED) is 0.305. The maximum absolute atomic E-state index is 10.7. The monoisotopic (exact) mass is 179 g/mol. The summed E-state index contributed by atoms with van der Waals surface area (Å²) in [7, 11) is 0. The summed E-state index contributed by atoms with van der Waals surface area (Å²) < 4.78 is 0. The van der Waals surface area contributed by atoms with E-state index in [2.05, 4.69) is 6.58 Å². The van der Waals surface area contributed by atoms with E-state index in [4.69, 9.17) is 9.90 Å². The number of hydrogen-bond donors (Lipinski definition) is 0. The predicted octanol–water partition coefficient (Wildman–Crippen LogP) is -3.88. The fourth-order valence-corrected chi connectivity index (χ4v) is 0.862. The normalized spacial score (nSPS) is 14.0. The molecule has 0 bridgehead atoms. The van der Waals surface area contributed by atoms with Crippen LogP contribution in [0.2, 0.25) is 0 Å². The first-order valence-electron chi connectivity index (χ1n) is 3.24. The Morgan fingerprint density at radius 3 is 2.25 bits per heavy atom. The summed E-state index contributed by atoms with van der Waals surface area (Å²) in [5.41, 5.74) is 0. The summed E-state index contributed by atoms with van der Waals surface area (Å²) in [4.78, 5) is 20.6. The number of nitrogens with zero attached hydrogens (tertiary/aromatic N) is 1. The van der Waals surface area contributed by atoms with Gasteiger partial charge in [-0.25, -0.2) is 0 Å². The van der Waals surface area contributed by atoms with Crippen molar-refractivity contribution in [2.45, 2.75) is 12.8 Å². The first-order valence-corrected chi connectivity index (χ1v) is 3.24. The largest absolute Gasteiger partial charge is 1.00 e. The Bertz CT molecular complexity index is 161. The molecule has 0 N–H and O–H groups in total. The number of rotatable bonds is 1. The minimum absolute atomic E-state index is 0. The van der Waals surface area contributed by atoms with Gasteiger partial charge < -0.3 is 14.8 Å². The summed E-state index contributed by atoms with van der Waals surface area (Å²) in [5, 5.41) is 8.25. The van der Waals surface area contributed by atoms with Crippen LogP contribution in [-0.2, 0) is 9.59 Å². The van der Waals surface area contributed by atoms with Gasteiger partial charge in [-0.3, -0.25) is 4.79 Å². The molecule has 0 saturated carbocycles. The van der Waals surface area contributed by atoms with Crippen LogP contribution in [0.1, 0.15) is 12.8 Å². The Labute approximate surface area is 93.5 Å². The minimum Gasteiger partial charge on any atom is -0.554 e. The molecule has 0 radical (unpaired) electrons. The summed E-state index contributed by atoms with van der Waals surface area (Å²) >= 11 is 0. The zero-order chi connectivity index (χ0) is 8.69. The Hall–Kier alpha value is -0.320. The van der Waals surface area contributed by atoms with Crippen LogP contribution in [0.4, 0.5) is 0 Å². The zero-order valence-corrected chi connectivity index (χ0v) is 9.16.